The molecule has 0 aromatic carbocycles. The number of hydrogen-bond donors (Lipinski definition) is 1. The first-order valence-electron chi connectivity index (χ1n) is 5.15. The quantitative estimate of drug-likeness (QED) is 0.854. The van der Waals surface area contributed by atoms with Crippen LogP contribution in [0.1, 0.15) is 5.56 Å². The zero-order chi connectivity index (χ0) is 14.0. The lowest BCUT2D eigenvalue weighted by Crippen LogP contribution is -2.09. The predicted molar refractivity (Wildman–Crippen MR) is 59.8 cm³/mol. The van der Waals surface area contributed by atoms with Crippen molar-refractivity contribution >= 4 is 5.95 Å². The molecule has 2 aromatic rings. The van der Waals surface area contributed by atoms with Crippen LogP contribution >= 0.6 is 0 Å². The smallest absolute Gasteiger partial charge is 0.357 e. The van der Waals surface area contributed by atoms with Crippen molar-refractivity contribution in [3.05, 3.63) is 36.0 Å². The van der Waals surface area contributed by atoms with E-state index >= 15 is 0 Å². The van der Waals surface area contributed by atoms with Gasteiger partial charge in [0.2, 0.25) is 5.95 Å². The monoisotopic (exact) mass is 272 g/mol. The van der Waals surface area contributed by atoms with Gasteiger partial charge in [-0.3, -0.25) is 4.98 Å². The van der Waals surface area contributed by atoms with E-state index in [-0.39, 0.29) is 5.95 Å². The molecule has 0 saturated heterocycles. The van der Waals surface area contributed by atoms with Crippen LogP contribution in [0, 0.1) is 5.82 Å². The van der Waals surface area contributed by atoms with E-state index in [0.717, 1.165) is 24.7 Å². The summed E-state index contributed by atoms with van der Waals surface area (Å²) in [5.41, 5.74) is -1.87. The van der Waals surface area contributed by atoms with E-state index < -0.39 is 28.8 Å². The van der Waals surface area contributed by atoms with E-state index in [4.69, 9.17) is 0 Å². The molecule has 0 aliphatic rings. The Hall–Kier alpha value is -2.25. The van der Waals surface area contributed by atoms with Crippen LogP contribution in [-0.2, 0) is 6.18 Å². The van der Waals surface area contributed by atoms with Crippen molar-refractivity contribution < 1.29 is 17.6 Å². The number of nitrogens with zero attached hydrogens (tertiary/aromatic N) is 3. The molecule has 0 aliphatic heterocycles. The highest BCUT2D eigenvalue weighted by Gasteiger charge is 2.34. The largest absolute Gasteiger partial charge is 0.417 e. The molecule has 0 spiro atoms. The normalized spacial score (nSPS) is 11.4. The zero-order valence-corrected chi connectivity index (χ0v) is 9.66. The van der Waals surface area contributed by atoms with Crippen molar-refractivity contribution in [3.8, 4) is 11.3 Å². The number of aromatic nitrogens is 3. The molecule has 0 bridgehead atoms. The maximum Gasteiger partial charge on any atom is 0.417 e. The van der Waals surface area contributed by atoms with Gasteiger partial charge in [-0.2, -0.15) is 13.2 Å². The van der Waals surface area contributed by atoms with Gasteiger partial charge in [-0.15, -0.1) is 0 Å². The number of anilines is 1. The summed E-state index contributed by atoms with van der Waals surface area (Å²) in [6, 6.07) is 0.774. The van der Waals surface area contributed by atoms with Crippen molar-refractivity contribution in [2.24, 2.45) is 0 Å². The number of pyridine rings is 1. The van der Waals surface area contributed by atoms with Gasteiger partial charge in [0.1, 0.15) is 5.69 Å². The molecule has 0 aliphatic carbocycles. The van der Waals surface area contributed by atoms with Gasteiger partial charge in [0.25, 0.3) is 0 Å². The van der Waals surface area contributed by atoms with Crippen molar-refractivity contribution in [3.63, 3.8) is 0 Å². The van der Waals surface area contributed by atoms with Gasteiger partial charge in [0.05, 0.1) is 11.8 Å². The van der Waals surface area contributed by atoms with E-state index in [2.05, 4.69) is 20.3 Å². The van der Waals surface area contributed by atoms with Crippen LogP contribution in [0.25, 0.3) is 11.3 Å². The van der Waals surface area contributed by atoms with E-state index in [1.807, 2.05) is 0 Å². The molecule has 4 nitrogen and oxygen atoms in total. The summed E-state index contributed by atoms with van der Waals surface area (Å²) in [6.07, 6.45) is -1.89. The molecule has 0 saturated carbocycles. The van der Waals surface area contributed by atoms with Crippen LogP contribution in [0.5, 0.6) is 0 Å². The Labute approximate surface area is 105 Å². The van der Waals surface area contributed by atoms with Crippen LogP contribution < -0.4 is 5.32 Å². The summed E-state index contributed by atoms with van der Waals surface area (Å²) in [5.74, 6) is -0.925. The fraction of sp³-hybridized carbons (Fsp3) is 0.182. The molecule has 0 fully saturated rings. The van der Waals surface area contributed by atoms with Crippen LogP contribution in [0.2, 0.25) is 0 Å². The number of nitrogens with one attached hydrogen (secondary N) is 1. The highest BCUT2D eigenvalue weighted by molar-refractivity contribution is 5.64. The molecule has 0 atom stereocenters. The molecular formula is C11H8F4N4. The summed E-state index contributed by atoms with van der Waals surface area (Å²) < 4.78 is 52.1. The van der Waals surface area contributed by atoms with E-state index in [0.29, 0.717) is 0 Å². The van der Waals surface area contributed by atoms with E-state index in [1.165, 1.54) is 7.05 Å². The number of alkyl halides is 3. The summed E-state index contributed by atoms with van der Waals surface area (Å²) in [6.45, 7) is 0. The maximum atomic E-state index is 13.6. The molecule has 8 heteroatoms. The Morgan fingerprint density at radius 3 is 2.58 bits per heavy atom. The first-order valence-corrected chi connectivity index (χ1v) is 5.15. The SMILES string of the molecule is CNc1ncc(F)c(-c2cnccc2C(F)(F)F)n1. The van der Waals surface area contributed by atoms with Crippen molar-refractivity contribution in [2.45, 2.75) is 6.18 Å². The number of hydrogen-bond acceptors (Lipinski definition) is 4. The Morgan fingerprint density at radius 2 is 1.95 bits per heavy atom. The van der Waals surface area contributed by atoms with Crippen molar-refractivity contribution in [1.82, 2.24) is 15.0 Å². The zero-order valence-electron chi connectivity index (χ0n) is 9.66. The fourth-order valence-electron chi connectivity index (χ4n) is 1.51. The van der Waals surface area contributed by atoms with Gasteiger partial charge in [-0.05, 0) is 6.07 Å². The van der Waals surface area contributed by atoms with Gasteiger partial charge in [-0.1, -0.05) is 0 Å². The third-order valence-corrected chi connectivity index (χ3v) is 2.35. The van der Waals surface area contributed by atoms with Crippen molar-refractivity contribution in [2.75, 3.05) is 12.4 Å². The summed E-state index contributed by atoms with van der Waals surface area (Å²) >= 11 is 0. The second-order valence-corrected chi connectivity index (χ2v) is 3.56. The summed E-state index contributed by atoms with van der Waals surface area (Å²) in [5, 5.41) is 2.53. The molecule has 2 heterocycles. The van der Waals surface area contributed by atoms with E-state index in [1.54, 1.807) is 0 Å². The average molecular weight is 272 g/mol. The average Bonchev–Trinajstić information content (AvgIpc) is 2.38. The third-order valence-electron chi connectivity index (χ3n) is 2.35. The Bertz CT molecular complexity index is 597. The molecule has 100 valence electrons. The second-order valence-electron chi connectivity index (χ2n) is 3.56. The minimum Gasteiger partial charge on any atom is -0.357 e. The van der Waals surface area contributed by atoms with Gasteiger partial charge < -0.3 is 5.32 Å². The second kappa shape index (κ2) is 4.79. The molecule has 1 N–H and O–H groups in total. The number of halogens is 4. The molecule has 0 radical (unpaired) electrons. The lowest BCUT2D eigenvalue weighted by Gasteiger charge is -2.12. The molecule has 19 heavy (non-hydrogen) atoms. The first-order chi connectivity index (χ1) is 8.93. The van der Waals surface area contributed by atoms with E-state index in [9.17, 15) is 17.6 Å². The van der Waals surface area contributed by atoms with Gasteiger partial charge >= 0.3 is 6.18 Å². The van der Waals surface area contributed by atoms with Gasteiger partial charge in [0, 0.05) is 25.0 Å². The molecular weight excluding hydrogens is 264 g/mol. The Balaban J connectivity index is 2.65. The Morgan fingerprint density at radius 1 is 1.21 bits per heavy atom. The first kappa shape index (κ1) is 13.2. The Kier molecular flexibility index (Phi) is 3.32. The molecule has 2 aromatic heterocycles. The summed E-state index contributed by atoms with van der Waals surface area (Å²) in [4.78, 5) is 10.9. The van der Waals surface area contributed by atoms with Crippen molar-refractivity contribution in [1.29, 1.82) is 0 Å². The number of rotatable bonds is 2. The minimum atomic E-state index is -4.62. The fourth-order valence-corrected chi connectivity index (χ4v) is 1.51. The highest BCUT2D eigenvalue weighted by Crippen LogP contribution is 2.36. The molecule has 2 rings (SSSR count). The lowest BCUT2D eigenvalue weighted by atomic mass is 10.1. The standard InChI is InChI=1S/C11H8F4N4/c1-16-10-18-5-8(12)9(19-10)6-4-17-3-2-7(6)11(13,14)15/h2-5H,1H3,(H,16,18,19). The van der Waals surface area contributed by atoms with Crippen LogP contribution in [0.4, 0.5) is 23.5 Å². The van der Waals surface area contributed by atoms with Crippen LogP contribution in [0.15, 0.2) is 24.7 Å². The summed E-state index contributed by atoms with van der Waals surface area (Å²) in [7, 11) is 1.48. The predicted octanol–water partition coefficient (Wildman–Crippen LogP) is 2.74. The maximum absolute atomic E-state index is 13.6. The molecule has 0 amide bonds. The molecule has 0 unspecified atom stereocenters. The van der Waals surface area contributed by atoms with Crippen LogP contribution in [-0.4, -0.2) is 22.0 Å². The van der Waals surface area contributed by atoms with Gasteiger partial charge in [-0.25, -0.2) is 14.4 Å². The lowest BCUT2D eigenvalue weighted by molar-refractivity contribution is -0.137. The third kappa shape index (κ3) is 2.61. The minimum absolute atomic E-state index is 0.0216. The van der Waals surface area contributed by atoms with Crippen LogP contribution in [0.3, 0.4) is 0 Å². The van der Waals surface area contributed by atoms with Gasteiger partial charge in [0.15, 0.2) is 5.82 Å². The highest BCUT2D eigenvalue weighted by atomic mass is 19.4. The topological polar surface area (TPSA) is 50.7 Å².